The first-order chi connectivity index (χ1) is 9.09. The van der Waals surface area contributed by atoms with Gasteiger partial charge in [-0.3, -0.25) is 4.79 Å². The van der Waals surface area contributed by atoms with Crippen LogP contribution in [0.15, 0.2) is 0 Å². The Bertz CT molecular complexity index is 342. The molecule has 0 spiro atoms. The molecule has 2 N–H and O–H groups in total. The number of nitrogens with zero attached hydrogens (tertiary/aromatic N) is 2. The van der Waals surface area contributed by atoms with Crippen LogP contribution in [-0.4, -0.2) is 80.8 Å². The summed E-state index contributed by atoms with van der Waals surface area (Å²) in [5.41, 5.74) is 0. The van der Waals surface area contributed by atoms with Crippen molar-refractivity contribution in [3.05, 3.63) is 0 Å². The highest BCUT2D eigenvalue weighted by molar-refractivity contribution is 5.87. The third-order valence-corrected chi connectivity index (χ3v) is 3.49. The normalized spacial score (nSPS) is 27.2. The van der Waals surface area contributed by atoms with Crippen LogP contribution < -0.4 is 10.6 Å². The fraction of sp³-hybridized carbons (Fsp3) is 0.833. The summed E-state index contributed by atoms with van der Waals surface area (Å²) in [6.07, 6.45) is 0.837. The number of nitrogens with one attached hydrogen (secondary N) is 2. The van der Waals surface area contributed by atoms with Gasteiger partial charge in [-0.1, -0.05) is 0 Å². The van der Waals surface area contributed by atoms with E-state index in [4.69, 9.17) is 4.74 Å². The molecule has 0 bridgehead atoms. The molecular formula is C12H22N4O3. The topological polar surface area (TPSA) is 73.9 Å². The van der Waals surface area contributed by atoms with Gasteiger partial charge in [-0.15, -0.1) is 0 Å². The zero-order valence-corrected chi connectivity index (χ0v) is 11.5. The van der Waals surface area contributed by atoms with Crippen molar-refractivity contribution in [1.29, 1.82) is 0 Å². The Morgan fingerprint density at radius 2 is 2.21 bits per heavy atom. The lowest BCUT2D eigenvalue weighted by Gasteiger charge is -2.36. The van der Waals surface area contributed by atoms with Gasteiger partial charge in [0, 0.05) is 40.3 Å². The number of carbonyl (C=O) groups is 2. The predicted molar refractivity (Wildman–Crippen MR) is 69.8 cm³/mol. The largest absolute Gasteiger partial charge is 0.379 e. The minimum atomic E-state index is -0.425. The monoisotopic (exact) mass is 270 g/mol. The number of carbonyl (C=O) groups excluding carboxylic acids is 2. The van der Waals surface area contributed by atoms with Gasteiger partial charge < -0.3 is 25.2 Å². The van der Waals surface area contributed by atoms with E-state index in [1.54, 1.807) is 19.0 Å². The van der Waals surface area contributed by atoms with E-state index in [9.17, 15) is 9.59 Å². The quantitative estimate of drug-likeness (QED) is 0.664. The number of amides is 3. The first-order valence-corrected chi connectivity index (χ1v) is 6.66. The van der Waals surface area contributed by atoms with Gasteiger partial charge in [-0.2, -0.15) is 0 Å². The molecule has 2 heterocycles. The van der Waals surface area contributed by atoms with Crippen LogP contribution in [-0.2, 0) is 9.53 Å². The summed E-state index contributed by atoms with van der Waals surface area (Å²) in [5.74, 6) is -0.0509. The van der Waals surface area contributed by atoms with E-state index in [2.05, 4.69) is 10.6 Å². The standard InChI is InChI=1S/C12H22N4O3/c1-15(2)11(17)10-7-13-4-5-16(10)12(18)14-9-3-6-19-8-9/h9-10,13H,3-8H2,1-2H3,(H,14,18). The molecule has 19 heavy (non-hydrogen) atoms. The van der Waals surface area contributed by atoms with Crippen LogP contribution in [0.25, 0.3) is 0 Å². The summed E-state index contributed by atoms with van der Waals surface area (Å²) in [6, 6.07) is -0.527. The summed E-state index contributed by atoms with van der Waals surface area (Å²) in [7, 11) is 3.41. The summed E-state index contributed by atoms with van der Waals surface area (Å²) < 4.78 is 5.24. The van der Waals surface area contributed by atoms with Gasteiger partial charge in [0.05, 0.1) is 12.6 Å². The average Bonchev–Trinajstić information content (AvgIpc) is 2.90. The molecule has 2 fully saturated rings. The molecule has 2 saturated heterocycles. The van der Waals surface area contributed by atoms with Gasteiger partial charge in [0.1, 0.15) is 6.04 Å². The molecule has 0 aromatic carbocycles. The van der Waals surface area contributed by atoms with Gasteiger partial charge >= 0.3 is 6.03 Å². The molecule has 7 nitrogen and oxygen atoms in total. The average molecular weight is 270 g/mol. The number of likely N-dealkylation sites (N-methyl/N-ethyl adjacent to an activating group) is 1. The molecule has 0 aliphatic carbocycles. The van der Waals surface area contributed by atoms with Crippen LogP contribution in [0.3, 0.4) is 0 Å². The molecule has 0 aromatic heterocycles. The van der Waals surface area contributed by atoms with Crippen molar-refractivity contribution in [3.8, 4) is 0 Å². The maximum Gasteiger partial charge on any atom is 0.318 e. The zero-order valence-electron chi connectivity index (χ0n) is 11.5. The van der Waals surface area contributed by atoms with E-state index in [1.165, 1.54) is 4.90 Å². The van der Waals surface area contributed by atoms with Gasteiger partial charge in [-0.05, 0) is 6.42 Å². The van der Waals surface area contributed by atoms with Crippen LogP contribution in [0, 0.1) is 0 Å². The maximum atomic E-state index is 12.3. The molecule has 0 aromatic rings. The van der Waals surface area contributed by atoms with Crippen LogP contribution >= 0.6 is 0 Å². The van der Waals surface area contributed by atoms with E-state index in [0.29, 0.717) is 32.8 Å². The molecule has 2 aliphatic heterocycles. The molecule has 2 aliphatic rings. The Balaban J connectivity index is 1.97. The number of hydrogen-bond donors (Lipinski definition) is 2. The van der Waals surface area contributed by atoms with E-state index in [-0.39, 0.29) is 18.0 Å². The molecular weight excluding hydrogens is 248 g/mol. The SMILES string of the molecule is CN(C)C(=O)C1CNCCN1C(=O)NC1CCOC1. The second-order valence-corrected chi connectivity index (χ2v) is 5.16. The van der Waals surface area contributed by atoms with Gasteiger partial charge in [0.25, 0.3) is 0 Å². The Hall–Kier alpha value is -1.34. The molecule has 3 amide bonds. The molecule has 7 heteroatoms. The van der Waals surface area contributed by atoms with Crippen molar-refractivity contribution < 1.29 is 14.3 Å². The zero-order chi connectivity index (χ0) is 13.8. The lowest BCUT2D eigenvalue weighted by atomic mass is 10.1. The third-order valence-electron chi connectivity index (χ3n) is 3.49. The van der Waals surface area contributed by atoms with E-state index in [0.717, 1.165) is 6.42 Å². The Morgan fingerprint density at radius 3 is 2.84 bits per heavy atom. The molecule has 108 valence electrons. The van der Waals surface area contributed by atoms with Crippen molar-refractivity contribution in [2.24, 2.45) is 0 Å². The van der Waals surface area contributed by atoms with Gasteiger partial charge in [0.2, 0.25) is 5.91 Å². The lowest BCUT2D eigenvalue weighted by molar-refractivity contribution is -0.133. The van der Waals surface area contributed by atoms with Crippen LogP contribution in [0.4, 0.5) is 4.79 Å². The van der Waals surface area contributed by atoms with E-state index in [1.807, 2.05) is 0 Å². The summed E-state index contributed by atoms with van der Waals surface area (Å²) in [6.45, 7) is 3.01. The van der Waals surface area contributed by atoms with Crippen LogP contribution in [0.2, 0.25) is 0 Å². The summed E-state index contributed by atoms with van der Waals surface area (Å²) in [4.78, 5) is 27.5. The highest BCUT2D eigenvalue weighted by Gasteiger charge is 2.34. The molecule has 0 saturated carbocycles. The van der Waals surface area contributed by atoms with Gasteiger partial charge in [0.15, 0.2) is 0 Å². The number of hydrogen-bond acceptors (Lipinski definition) is 4. The highest BCUT2D eigenvalue weighted by Crippen LogP contribution is 2.09. The van der Waals surface area contributed by atoms with Crippen molar-refractivity contribution in [2.45, 2.75) is 18.5 Å². The molecule has 2 atom stereocenters. The second-order valence-electron chi connectivity index (χ2n) is 5.16. The van der Waals surface area contributed by atoms with E-state index < -0.39 is 6.04 Å². The van der Waals surface area contributed by atoms with E-state index >= 15 is 0 Å². The minimum Gasteiger partial charge on any atom is -0.379 e. The van der Waals surface area contributed by atoms with Crippen LogP contribution in [0.5, 0.6) is 0 Å². The summed E-state index contributed by atoms with van der Waals surface area (Å²) >= 11 is 0. The smallest absolute Gasteiger partial charge is 0.318 e. The lowest BCUT2D eigenvalue weighted by Crippen LogP contribution is -2.62. The Morgan fingerprint density at radius 1 is 1.42 bits per heavy atom. The number of urea groups is 1. The fourth-order valence-corrected chi connectivity index (χ4v) is 2.37. The van der Waals surface area contributed by atoms with Gasteiger partial charge in [-0.25, -0.2) is 4.79 Å². The van der Waals surface area contributed by atoms with Crippen LogP contribution in [0.1, 0.15) is 6.42 Å². The fourth-order valence-electron chi connectivity index (χ4n) is 2.37. The Labute approximate surface area is 113 Å². The maximum absolute atomic E-state index is 12.3. The number of rotatable bonds is 2. The first kappa shape index (κ1) is 14.1. The molecule has 2 unspecified atom stereocenters. The van der Waals surface area contributed by atoms with Crippen molar-refractivity contribution in [3.63, 3.8) is 0 Å². The third kappa shape index (κ3) is 3.36. The highest BCUT2D eigenvalue weighted by atomic mass is 16.5. The second kappa shape index (κ2) is 6.21. The number of ether oxygens (including phenoxy) is 1. The van der Waals surface area contributed by atoms with Crippen molar-refractivity contribution in [1.82, 2.24) is 20.4 Å². The Kier molecular flexibility index (Phi) is 4.60. The molecule has 2 rings (SSSR count). The summed E-state index contributed by atoms with van der Waals surface area (Å²) in [5, 5.41) is 6.09. The van der Waals surface area contributed by atoms with Crippen molar-refractivity contribution in [2.75, 3.05) is 46.9 Å². The van der Waals surface area contributed by atoms with Crippen molar-refractivity contribution >= 4 is 11.9 Å². The first-order valence-electron chi connectivity index (χ1n) is 6.66. The minimum absolute atomic E-state index is 0.0509. The molecule has 0 radical (unpaired) electrons. The predicted octanol–water partition coefficient (Wildman–Crippen LogP) is -1.15. The number of piperazine rings is 1.